The summed E-state index contributed by atoms with van der Waals surface area (Å²) in [4.78, 5) is 36.9. The molecule has 0 unspecified atom stereocenters. The van der Waals surface area contributed by atoms with Crippen molar-refractivity contribution in [2.75, 3.05) is 0 Å². The van der Waals surface area contributed by atoms with Crippen LogP contribution in [0.25, 0.3) is 32.7 Å². The number of rotatable bonds is 9. The van der Waals surface area contributed by atoms with Gasteiger partial charge in [0, 0.05) is 21.1 Å². The van der Waals surface area contributed by atoms with E-state index >= 15 is 0 Å². The highest BCUT2D eigenvalue weighted by molar-refractivity contribution is 7.94. The molecule has 0 radical (unpaired) electrons. The third kappa shape index (κ3) is 5.97. The molecule has 6 aromatic rings. The highest BCUT2D eigenvalue weighted by Crippen LogP contribution is 2.39. The minimum Gasteiger partial charge on any atom is -0.505 e. The average Bonchev–Trinajstić information content (AvgIpc) is 3.05. The lowest BCUT2D eigenvalue weighted by Gasteiger charge is -2.08. The molecule has 45 heavy (non-hydrogen) atoms. The van der Waals surface area contributed by atoms with Crippen molar-refractivity contribution < 1.29 is 39.5 Å². The van der Waals surface area contributed by atoms with Crippen LogP contribution < -0.4 is 0 Å². The van der Waals surface area contributed by atoms with Gasteiger partial charge in [0.05, 0.1) is 35.0 Å². The molecular weight excluding hydrogens is 606 g/mol. The Labute approximate surface area is 255 Å². The number of azo groups is 2. The van der Waals surface area contributed by atoms with Crippen LogP contribution in [0.3, 0.4) is 0 Å². The van der Waals surface area contributed by atoms with Crippen molar-refractivity contribution in [1.29, 1.82) is 0 Å². The number of aromatic hydroxyl groups is 1. The van der Waals surface area contributed by atoms with Gasteiger partial charge in [0.25, 0.3) is 0 Å². The second kappa shape index (κ2) is 12.3. The number of carboxylic acids is 2. The second-order valence-electron chi connectivity index (χ2n) is 9.16. The minimum absolute atomic E-state index is 0.0717. The first-order chi connectivity index (χ1) is 21.8. The van der Waals surface area contributed by atoms with Gasteiger partial charge in [0.1, 0.15) is 22.6 Å². The number of pyridine rings is 3. The van der Waals surface area contributed by atoms with Crippen molar-refractivity contribution in [1.82, 2.24) is 15.0 Å². The summed E-state index contributed by atoms with van der Waals surface area (Å²) in [6.07, 6.45) is 1.52. The van der Waals surface area contributed by atoms with E-state index < -0.39 is 23.4 Å². The van der Waals surface area contributed by atoms with E-state index in [1.54, 1.807) is 54.6 Å². The van der Waals surface area contributed by atoms with E-state index in [4.69, 9.17) is 5.26 Å². The predicted octanol–water partition coefficient (Wildman–Crippen LogP) is 7.69. The summed E-state index contributed by atoms with van der Waals surface area (Å²) in [7, 11) is 0. The van der Waals surface area contributed by atoms with Crippen molar-refractivity contribution in [3.63, 3.8) is 0 Å². The highest BCUT2D eigenvalue weighted by atomic mass is 32.2. The summed E-state index contributed by atoms with van der Waals surface area (Å²) in [6.45, 7) is 0. The minimum atomic E-state index is -1.43. The monoisotopic (exact) mass is 623 g/mol. The Morgan fingerprint density at radius 2 is 1.58 bits per heavy atom. The van der Waals surface area contributed by atoms with E-state index in [-0.39, 0.29) is 33.5 Å². The fourth-order valence-corrected chi connectivity index (χ4v) is 4.79. The number of carboxylic acid groups (broad SMARTS) is 2. The molecule has 3 heterocycles. The van der Waals surface area contributed by atoms with Gasteiger partial charge in [0.2, 0.25) is 0 Å². The van der Waals surface area contributed by atoms with E-state index in [0.29, 0.717) is 32.6 Å². The van der Waals surface area contributed by atoms with Gasteiger partial charge < -0.3 is 15.3 Å². The molecule has 0 amide bonds. The lowest BCUT2D eigenvalue weighted by atomic mass is 10.1. The number of carbonyl (C=O) groups is 2. The standard InChI is InChI=1S/C29H17N7O8S/c37-27-18-3-1-2-4-20(18)31-26(29(40)41)25(27)36-35-22-10-9-21(17-6-8-23(28(38)39)32-24(17)22)34-33-15-11-14-12-16(45-44-43-42)5-7-19(14)30-13-15/h1-13,42H,(H,31,37)(H,38,39)(H,40,41). The van der Waals surface area contributed by atoms with Gasteiger partial charge in [-0.15, -0.1) is 24.8 Å². The first-order valence-electron chi connectivity index (χ1n) is 12.7. The summed E-state index contributed by atoms with van der Waals surface area (Å²) < 4.78 is 4.47. The third-order valence-electron chi connectivity index (χ3n) is 6.40. The SMILES string of the molecule is O=C(O)c1ccc2c(N=Nc3cnc4ccc(SOOO)cc4c3)ccc(N=Nc3c(C(=O)O)nc4ccccc4c3O)c2n1. The molecule has 0 aliphatic carbocycles. The molecular formula is C29H17N7O8S. The molecule has 0 aliphatic heterocycles. The molecule has 6 rings (SSSR count). The molecule has 222 valence electrons. The number of fused-ring (bicyclic) bond motifs is 3. The Hall–Kier alpha value is -5.94. The van der Waals surface area contributed by atoms with E-state index in [1.165, 1.54) is 24.4 Å². The van der Waals surface area contributed by atoms with Crippen molar-refractivity contribution in [2.24, 2.45) is 20.5 Å². The zero-order chi connectivity index (χ0) is 31.5. The molecule has 3 aromatic carbocycles. The van der Waals surface area contributed by atoms with Crippen LogP contribution in [0.2, 0.25) is 0 Å². The number of aromatic nitrogens is 3. The highest BCUT2D eigenvalue weighted by Gasteiger charge is 2.20. The Morgan fingerprint density at radius 1 is 0.778 bits per heavy atom. The summed E-state index contributed by atoms with van der Waals surface area (Å²) in [5, 5.41) is 60.2. The van der Waals surface area contributed by atoms with Crippen LogP contribution in [0.15, 0.2) is 104 Å². The molecule has 4 N–H and O–H groups in total. The number of benzene rings is 3. The predicted molar refractivity (Wildman–Crippen MR) is 160 cm³/mol. The van der Waals surface area contributed by atoms with Gasteiger partial charge >= 0.3 is 11.9 Å². The van der Waals surface area contributed by atoms with Crippen LogP contribution >= 0.6 is 12.0 Å². The first kappa shape index (κ1) is 29.1. The normalized spacial score (nSPS) is 11.8. The molecule has 0 atom stereocenters. The van der Waals surface area contributed by atoms with Crippen molar-refractivity contribution in [3.8, 4) is 5.75 Å². The molecule has 0 bridgehead atoms. The summed E-state index contributed by atoms with van der Waals surface area (Å²) in [5.74, 6) is -3.14. The third-order valence-corrected chi connectivity index (χ3v) is 6.98. The van der Waals surface area contributed by atoms with E-state index in [1.807, 2.05) is 0 Å². The summed E-state index contributed by atoms with van der Waals surface area (Å²) >= 11 is 0.797. The zero-order valence-electron chi connectivity index (χ0n) is 22.5. The maximum Gasteiger partial charge on any atom is 0.357 e. The Morgan fingerprint density at radius 3 is 2.38 bits per heavy atom. The van der Waals surface area contributed by atoms with Crippen LogP contribution in [0.5, 0.6) is 5.75 Å². The molecule has 0 aliphatic rings. The lowest BCUT2D eigenvalue weighted by molar-refractivity contribution is -0.432. The van der Waals surface area contributed by atoms with Gasteiger partial charge in [-0.25, -0.2) is 24.8 Å². The summed E-state index contributed by atoms with van der Waals surface area (Å²) in [5.41, 5.74) is 0.618. The van der Waals surface area contributed by atoms with E-state index in [2.05, 4.69) is 44.8 Å². The first-order valence-corrected chi connectivity index (χ1v) is 13.5. The molecule has 0 saturated heterocycles. The number of nitrogens with zero attached hydrogens (tertiary/aromatic N) is 7. The largest absolute Gasteiger partial charge is 0.505 e. The summed E-state index contributed by atoms with van der Waals surface area (Å²) in [6, 6.07) is 19.1. The zero-order valence-corrected chi connectivity index (χ0v) is 23.3. The van der Waals surface area contributed by atoms with Gasteiger partial charge in [-0.2, -0.15) is 0 Å². The van der Waals surface area contributed by atoms with Crippen LogP contribution in [0.4, 0.5) is 22.7 Å². The molecule has 0 saturated carbocycles. The number of para-hydroxylation sites is 1. The molecule has 0 spiro atoms. The van der Waals surface area contributed by atoms with Crippen LogP contribution in [-0.2, 0) is 9.37 Å². The van der Waals surface area contributed by atoms with Gasteiger partial charge in [-0.05, 0) is 60.7 Å². The van der Waals surface area contributed by atoms with Crippen molar-refractivity contribution in [2.45, 2.75) is 4.90 Å². The fourth-order valence-electron chi connectivity index (χ4n) is 4.38. The fraction of sp³-hybridized carbons (Fsp3) is 0. The van der Waals surface area contributed by atoms with Gasteiger partial charge in [-0.1, -0.05) is 17.2 Å². The lowest BCUT2D eigenvalue weighted by Crippen LogP contribution is -2.01. The molecule has 15 nitrogen and oxygen atoms in total. The van der Waals surface area contributed by atoms with Gasteiger partial charge in [-0.3, -0.25) is 4.98 Å². The number of aromatic carboxylic acids is 2. The Bertz CT molecular complexity index is 2210. The van der Waals surface area contributed by atoms with Crippen LogP contribution in [0, 0.1) is 0 Å². The van der Waals surface area contributed by atoms with Crippen molar-refractivity contribution in [3.05, 3.63) is 90.4 Å². The maximum atomic E-state index is 11.9. The van der Waals surface area contributed by atoms with Crippen molar-refractivity contribution >= 4 is 79.4 Å². The number of hydrogen-bond donors (Lipinski definition) is 4. The van der Waals surface area contributed by atoms with Crippen LogP contribution in [0.1, 0.15) is 21.0 Å². The average molecular weight is 624 g/mol. The van der Waals surface area contributed by atoms with Crippen LogP contribution in [-0.4, -0.2) is 47.5 Å². The Kier molecular flexibility index (Phi) is 8.00. The van der Waals surface area contributed by atoms with E-state index in [9.17, 15) is 24.9 Å². The smallest absolute Gasteiger partial charge is 0.357 e. The van der Waals surface area contributed by atoms with E-state index in [0.717, 1.165) is 12.0 Å². The maximum absolute atomic E-state index is 11.9. The molecule has 3 aromatic heterocycles. The number of hydrogen-bond acceptors (Lipinski definition) is 14. The topological polar surface area (TPSA) is 222 Å². The Balaban J connectivity index is 1.41. The molecule has 0 fully saturated rings. The molecule has 16 heteroatoms. The second-order valence-corrected chi connectivity index (χ2v) is 9.93. The quantitative estimate of drug-likeness (QED) is 0.0526. The van der Waals surface area contributed by atoms with Gasteiger partial charge in [0.15, 0.2) is 17.1 Å².